The first-order valence-electron chi connectivity index (χ1n) is 7.79. The lowest BCUT2D eigenvalue weighted by atomic mass is 10.0. The standard InChI is InChI=1S/C18H16N2O3S/c21-17(11-24-18-20-14-6-2-4-8-16(14)23-18)19-13-9-10-22-15-7-3-1-5-12(13)15/h1-8,13H,9-11H2,(H,19,21)/t13-/m1/s1. The van der Waals surface area contributed by atoms with Crippen molar-refractivity contribution in [1.29, 1.82) is 0 Å². The van der Waals surface area contributed by atoms with Crippen LogP contribution in [0.3, 0.4) is 0 Å². The van der Waals surface area contributed by atoms with Crippen LogP contribution >= 0.6 is 11.8 Å². The van der Waals surface area contributed by atoms with Gasteiger partial charge in [-0.2, -0.15) is 0 Å². The van der Waals surface area contributed by atoms with Gasteiger partial charge in [0.25, 0.3) is 5.22 Å². The molecule has 1 aliphatic rings. The smallest absolute Gasteiger partial charge is 0.257 e. The minimum absolute atomic E-state index is 0.00770. The zero-order valence-electron chi connectivity index (χ0n) is 12.9. The lowest BCUT2D eigenvalue weighted by Crippen LogP contribution is -2.33. The predicted molar refractivity (Wildman–Crippen MR) is 92.2 cm³/mol. The van der Waals surface area contributed by atoms with Crippen LogP contribution in [0.2, 0.25) is 0 Å². The first-order chi connectivity index (χ1) is 11.8. The summed E-state index contributed by atoms with van der Waals surface area (Å²) in [6.45, 7) is 0.611. The number of amides is 1. The molecule has 0 bridgehead atoms. The van der Waals surface area contributed by atoms with Gasteiger partial charge in [-0.05, 0) is 18.2 Å². The predicted octanol–water partition coefficient (Wildman–Crippen LogP) is 3.56. The molecule has 0 aliphatic carbocycles. The Bertz CT molecular complexity index is 844. The molecule has 0 saturated carbocycles. The fraction of sp³-hybridized carbons (Fsp3) is 0.222. The number of fused-ring (bicyclic) bond motifs is 2. The molecule has 2 heterocycles. The number of oxazole rings is 1. The Balaban J connectivity index is 1.39. The van der Waals surface area contributed by atoms with Crippen molar-refractivity contribution >= 4 is 28.8 Å². The van der Waals surface area contributed by atoms with Gasteiger partial charge in [0.2, 0.25) is 5.91 Å². The van der Waals surface area contributed by atoms with Gasteiger partial charge in [-0.25, -0.2) is 4.98 Å². The molecular weight excluding hydrogens is 324 g/mol. The number of para-hydroxylation sites is 3. The number of carbonyl (C=O) groups is 1. The second-order valence-corrected chi connectivity index (χ2v) is 6.46. The molecule has 3 aromatic rings. The lowest BCUT2D eigenvalue weighted by molar-refractivity contribution is -0.119. The maximum Gasteiger partial charge on any atom is 0.257 e. The number of thioether (sulfide) groups is 1. The van der Waals surface area contributed by atoms with Crippen molar-refractivity contribution in [3.8, 4) is 5.75 Å². The van der Waals surface area contributed by atoms with Crippen LogP contribution in [-0.4, -0.2) is 23.3 Å². The van der Waals surface area contributed by atoms with Crippen LogP contribution in [0, 0.1) is 0 Å². The second-order valence-electron chi connectivity index (χ2n) is 5.53. The highest BCUT2D eigenvalue weighted by atomic mass is 32.2. The second kappa shape index (κ2) is 6.57. The summed E-state index contributed by atoms with van der Waals surface area (Å²) in [6, 6.07) is 15.4. The monoisotopic (exact) mass is 340 g/mol. The molecule has 5 nitrogen and oxygen atoms in total. The van der Waals surface area contributed by atoms with Gasteiger partial charge in [0.15, 0.2) is 5.58 Å². The largest absolute Gasteiger partial charge is 0.493 e. The Hall–Kier alpha value is -2.47. The highest BCUT2D eigenvalue weighted by molar-refractivity contribution is 7.99. The lowest BCUT2D eigenvalue weighted by Gasteiger charge is -2.26. The highest BCUT2D eigenvalue weighted by Crippen LogP contribution is 2.31. The van der Waals surface area contributed by atoms with E-state index in [2.05, 4.69) is 10.3 Å². The molecule has 6 heteroatoms. The number of hydrogen-bond donors (Lipinski definition) is 1. The van der Waals surface area contributed by atoms with E-state index in [4.69, 9.17) is 9.15 Å². The summed E-state index contributed by atoms with van der Waals surface area (Å²) in [6.07, 6.45) is 0.774. The van der Waals surface area contributed by atoms with E-state index in [1.54, 1.807) is 0 Å². The van der Waals surface area contributed by atoms with Gasteiger partial charge in [0.1, 0.15) is 11.3 Å². The van der Waals surface area contributed by atoms with Gasteiger partial charge in [0, 0.05) is 12.0 Å². The number of hydrogen-bond acceptors (Lipinski definition) is 5. The van der Waals surface area contributed by atoms with E-state index in [0.717, 1.165) is 28.8 Å². The molecule has 0 unspecified atom stereocenters. The van der Waals surface area contributed by atoms with Gasteiger partial charge < -0.3 is 14.5 Å². The van der Waals surface area contributed by atoms with Gasteiger partial charge in [-0.1, -0.05) is 42.1 Å². The third kappa shape index (κ3) is 3.10. The number of ether oxygens (including phenoxy) is 1. The van der Waals surface area contributed by atoms with Crippen molar-refractivity contribution in [2.24, 2.45) is 0 Å². The van der Waals surface area contributed by atoms with E-state index in [1.165, 1.54) is 11.8 Å². The van der Waals surface area contributed by atoms with E-state index in [9.17, 15) is 4.79 Å². The number of nitrogens with zero attached hydrogens (tertiary/aromatic N) is 1. The van der Waals surface area contributed by atoms with Gasteiger partial charge in [0.05, 0.1) is 18.4 Å². The first kappa shape index (κ1) is 15.1. The van der Waals surface area contributed by atoms with Crippen LogP contribution in [0.25, 0.3) is 11.1 Å². The summed E-state index contributed by atoms with van der Waals surface area (Å²) in [7, 11) is 0. The Morgan fingerprint density at radius 2 is 2.04 bits per heavy atom. The third-order valence-electron chi connectivity index (χ3n) is 3.89. The topological polar surface area (TPSA) is 64.4 Å². The van der Waals surface area contributed by atoms with Crippen LogP contribution in [0.5, 0.6) is 5.75 Å². The van der Waals surface area contributed by atoms with Crippen LogP contribution in [0.15, 0.2) is 58.2 Å². The SMILES string of the molecule is O=C(CSc1nc2ccccc2o1)N[C@@H]1CCOc2ccccc21. The quantitative estimate of drug-likeness (QED) is 0.736. The molecule has 0 saturated heterocycles. The maximum absolute atomic E-state index is 12.3. The molecule has 0 spiro atoms. The van der Waals surface area contributed by atoms with Crippen LogP contribution in [0.1, 0.15) is 18.0 Å². The summed E-state index contributed by atoms with van der Waals surface area (Å²) in [5, 5.41) is 3.58. The summed E-state index contributed by atoms with van der Waals surface area (Å²) >= 11 is 1.30. The number of aromatic nitrogens is 1. The summed E-state index contributed by atoms with van der Waals surface area (Å²) in [4.78, 5) is 16.6. The molecule has 0 radical (unpaired) electrons. The number of carbonyl (C=O) groups excluding carboxylic acids is 1. The minimum atomic E-state index is -0.0380. The number of nitrogens with one attached hydrogen (secondary N) is 1. The van der Waals surface area contributed by atoms with E-state index in [-0.39, 0.29) is 17.7 Å². The highest BCUT2D eigenvalue weighted by Gasteiger charge is 2.22. The fourth-order valence-corrected chi connectivity index (χ4v) is 3.42. The van der Waals surface area contributed by atoms with Gasteiger partial charge in [-0.3, -0.25) is 4.79 Å². The minimum Gasteiger partial charge on any atom is -0.493 e. The van der Waals surface area contributed by atoms with Crippen molar-refractivity contribution in [1.82, 2.24) is 10.3 Å². The molecule has 1 atom stereocenters. The van der Waals surface area contributed by atoms with E-state index >= 15 is 0 Å². The molecule has 24 heavy (non-hydrogen) atoms. The van der Waals surface area contributed by atoms with Crippen LogP contribution < -0.4 is 10.1 Å². The molecule has 1 amide bonds. The number of rotatable bonds is 4. The maximum atomic E-state index is 12.3. The third-order valence-corrected chi connectivity index (χ3v) is 4.72. The van der Waals surface area contributed by atoms with Crippen molar-refractivity contribution in [3.05, 3.63) is 54.1 Å². The first-order valence-corrected chi connectivity index (χ1v) is 8.77. The molecule has 0 fully saturated rings. The summed E-state index contributed by atoms with van der Waals surface area (Å²) in [5.41, 5.74) is 2.57. The fourth-order valence-electron chi connectivity index (χ4n) is 2.77. The summed E-state index contributed by atoms with van der Waals surface area (Å²) < 4.78 is 11.2. The van der Waals surface area contributed by atoms with Crippen LogP contribution in [0.4, 0.5) is 0 Å². The molecule has 2 aromatic carbocycles. The molecule has 1 aromatic heterocycles. The van der Waals surface area contributed by atoms with Crippen LogP contribution in [-0.2, 0) is 4.79 Å². The summed E-state index contributed by atoms with van der Waals surface area (Å²) in [5.74, 6) is 1.08. The van der Waals surface area contributed by atoms with Crippen molar-refractivity contribution in [3.63, 3.8) is 0 Å². The van der Waals surface area contributed by atoms with Crippen molar-refractivity contribution in [2.75, 3.05) is 12.4 Å². The Labute approximate surface area is 143 Å². The van der Waals surface area contributed by atoms with E-state index < -0.39 is 0 Å². The van der Waals surface area contributed by atoms with E-state index in [0.29, 0.717) is 11.8 Å². The molecule has 1 N–H and O–H groups in total. The number of benzene rings is 2. The Morgan fingerprint density at radius 1 is 1.21 bits per heavy atom. The Kier molecular flexibility index (Phi) is 4.13. The average molecular weight is 340 g/mol. The van der Waals surface area contributed by atoms with Crippen molar-refractivity contribution < 1.29 is 13.9 Å². The van der Waals surface area contributed by atoms with Gasteiger partial charge in [-0.15, -0.1) is 0 Å². The average Bonchev–Trinajstić information content (AvgIpc) is 3.03. The molecular formula is C18H16N2O3S. The van der Waals surface area contributed by atoms with Gasteiger partial charge >= 0.3 is 0 Å². The zero-order chi connectivity index (χ0) is 16.4. The van der Waals surface area contributed by atoms with Crippen molar-refractivity contribution in [2.45, 2.75) is 17.7 Å². The molecule has 4 rings (SSSR count). The molecule has 1 aliphatic heterocycles. The van der Waals surface area contributed by atoms with E-state index in [1.807, 2.05) is 48.5 Å². The zero-order valence-corrected chi connectivity index (χ0v) is 13.7. The Morgan fingerprint density at radius 3 is 2.96 bits per heavy atom. The molecule has 122 valence electrons. The normalized spacial score (nSPS) is 16.4.